The molecular formula is C21H19FN2O3. The fraction of sp³-hybridized carbons (Fsp3) is 0.143. The molecule has 0 saturated carbocycles. The number of benzene rings is 2. The monoisotopic (exact) mass is 366 g/mol. The van der Waals surface area contributed by atoms with Crippen LogP contribution in [0.15, 0.2) is 59.4 Å². The fourth-order valence-corrected chi connectivity index (χ4v) is 2.68. The third kappa shape index (κ3) is 4.23. The van der Waals surface area contributed by atoms with Gasteiger partial charge in [-0.05, 0) is 49.7 Å². The third-order valence-corrected chi connectivity index (χ3v) is 3.97. The molecule has 27 heavy (non-hydrogen) atoms. The van der Waals surface area contributed by atoms with E-state index in [0.29, 0.717) is 12.3 Å². The summed E-state index contributed by atoms with van der Waals surface area (Å²) < 4.78 is 19.0. The fourth-order valence-electron chi connectivity index (χ4n) is 2.68. The molecule has 0 aliphatic carbocycles. The molecule has 0 radical (unpaired) electrons. The van der Waals surface area contributed by atoms with E-state index in [1.54, 1.807) is 13.0 Å². The minimum atomic E-state index is -0.615. The van der Waals surface area contributed by atoms with Crippen molar-refractivity contribution in [1.82, 2.24) is 4.98 Å². The smallest absolute Gasteiger partial charge is 0.261 e. The lowest BCUT2D eigenvalue weighted by molar-refractivity contribution is 0.102. The zero-order valence-electron chi connectivity index (χ0n) is 15.0. The lowest BCUT2D eigenvalue weighted by Crippen LogP contribution is -2.23. The number of halogens is 1. The van der Waals surface area contributed by atoms with E-state index in [0.717, 1.165) is 17.2 Å². The van der Waals surface area contributed by atoms with E-state index in [1.165, 1.54) is 18.2 Å². The highest BCUT2D eigenvalue weighted by atomic mass is 19.1. The number of aryl methyl sites for hydroxylation is 1. The third-order valence-electron chi connectivity index (χ3n) is 3.97. The first-order valence-electron chi connectivity index (χ1n) is 8.52. The molecule has 3 rings (SSSR count). The number of amides is 1. The second-order valence-corrected chi connectivity index (χ2v) is 6.02. The van der Waals surface area contributed by atoms with Crippen LogP contribution in [0.5, 0.6) is 5.75 Å². The van der Waals surface area contributed by atoms with Crippen LogP contribution in [0.2, 0.25) is 0 Å². The SMILES string of the molecule is CCOc1ccc(NC(=O)c2ccc(-c3cccc(C)c3)[nH]c2=O)cc1F. The number of hydrogen-bond acceptors (Lipinski definition) is 3. The van der Waals surface area contributed by atoms with Crippen LogP contribution < -0.4 is 15.6 Å². The van der Waals surface area contributed by atoms with Gasteiger partial charge in [-0.1, -0.05) is 23.8 Å². The molecule has 1 heterocycles. The van der Waals surface area contributed by atoms with Crippen molar-refractivity contribution in [3.63, 3.8) is 0 Å². The number of hydrogen-bond donors (Lipinski definition) is 2. The van der Waals surface area contributed by atoms with Crippen molar-refractivity contribution in [2.75, 3.05) is 11.9 Å². The van der Waals surface area contributed by atoms with Gasteiger partial charge in [0.05, 0.1) is 6.61 Å². The number of ether oxygens (including phenoxy) is 1. The lowest BCUT2D eigenvalue weighted by atomic mass is 10.1. The highest BCUT2D eigenvalue weighted by Gasteiger charge is 2.13. The van der Waals surface area contributed by atoms with Crippen molar-refractivity contribution in [2.24, 2.45) is 0 Å². The quantitative estimate of drug-likeness (QED) is 0.713. The zero-order chi connectivity index (χ0) is 19.4. The summed E-state index contributed by atoms with van der Waals surface area (Å²) in [5.41, 5.74) is 2.20. The standard InChI is InChI=1S/C21H19FN2O3/c1-3-27-19-10-7-15(12-17(19)22)23-20(25)16-8-9-18(24-21(16)26)14-6-4-5-13(2)11-14/h4-12H,3H2,1-2H3,(H,23,25)(H,24,26). The minimum Gasteiger partial charge on any atom is -0.491 e. The first-order chi connectivity index (χ1) is 13.0. The van der Waals surface area contributed by atoms with Crippen LogP contribution >= 0.6 is 0 Å². The van der Waals surface area contributed by atoms with Crippen LogP contribution in [0.3, 0.4) is 0 Å². The Balaban J connectivity index is 1.81. The summed E-state index contributed by atoms with van der Waals surface area (Å²) in [7, 11) is 0. The van der Waals surface area contributed by atoms with Crippen LogP contribution in [0.1, 0.15) is 22.8 Å². The van der Waals surface area contributed by atoms with E-state index in [2.05, 4.69) is 10.3 Å². The maximum atomic E-state index is 13.9. The molecule has 0 atom stereocenters. The molecule has 138 valence electrons. The molecule has 0 aliphatic heterocycles. The molecule has 3 aromatic rings. The van der Waals surface area contributed by atoms with E-state index in [-0.39, 0.29) is 17.0 Å². The number of rotatable bonds is 5. The average molecular weight is 366 g/mol. The van der Waals surface area contributed by atoms with Gasteiger partial charge in [0.2, 0.25) is 0 Å². The van der Waals surface area contributed by atoms with Gasteiger partial charge in [0.15, 0.2) is 11.6 Å². The van der Waals surface area contributed by atoms with Crippen LogP contribution in [-0.4, -0.2) is 17.5 Å². The van der Waals surface area contributed by atoms with Crippen molar-refractivity contribution < 1.29 is 13.9 Å². The summed E-state index contributed by atoms with van der Waals surface area (Å²) in [5.74, 6) is -1.09. The first kappa shape index (κ1) is 18.4. The molecule has 0 unspecified atom stereocenters. The van der Waals surface area contributed by atoms with Gasteiger partial charge in [0.1, 0.15) is 5.56 Å². The van der Waals surface area contributed by atoms with Crippen LogP contribution in [-0.2, 0) is 0 Å². The first-order valence-corrected chi connectivity index (χ1v) is 8.52. The Bertz CT molecular complexity index is 1040. The number of nitrogens with one attached hydrogen (secondary N) is 2. The van der Waals surface area contributed by atoms with Crippen molar-refractivity contribution in [3.8, 4) is 17.0 Å². The molecule has 6 heteroatoms. The molecule has 0 fully saturated rings. The summed E-state index contributed by atoms with van der Waals surface area (Å²) in [6.45, 7) is 4.05. The molecule has 2 N–H and O–H groups in total. The number of carbonyl (C=O) groups excluding carboxylic acids is 1. The predicted octanol–water partition coefficient (Wildman–Crippen LogP) is 4.14. The Labute approximate surface area is 155 Å². The molecule has 1 aromatic heterocycles. The number of pyridine rings is 1. The number of aromatic amines is 1. The van der Waals surface area contributed by atoms with E-state index < -0.39 is 17.3 Å². The Morgan fingerprint density at radius 1 is 1.15 bits per heavy atom. The number of carbonyl (C=O) groups is 1. The molecular weight excluding hydrogens is 347 g/mol. The highest BCUT2D eigenvalue weighted by Crippen LogP contribution is 2.22. The van der Waals surface area contributed by atoms with Gasteiger partial charge in [0, 0.05) is 17.4 Å². The summed E-state index contributed by atoms with van der Waals surface area (Å²) in [6.07, 6.45) is 0. The number of aromatic nitrogens is 1. The van der Waals surface area contributed by atoms with Crippen LogP contribution in [0, 0.1) is 12.7 Å². The Morgan fingerprint density at radius 2 is 1.96 bits per heavy atom. The van der Waals surface area contributed by atoms with Gasteiger partial charge in [-0.2, -0.15) is 0 Å². The Hall–Kier alpha value is -3.41. The van der Waals surface area contributed by atoms with Gasteiger partial charge in [0.25, 0.3) is 11.5 Å². The van der Waals surface area contributed by atoms with Gasteiger partial charge < -0.3 is 15.0 Å². The van der Waals surface area contributed by atoms with Gasteiger partial charge >= 0.3 is 0 Å². The molecule has 2 aromatic carbocycles. The van der Waals surface area contributed by atoms with Gasteiger partial charge in [-0.3, -0.25) is 9.59 Å². The summed E-state index contributed by atoms with van der Waals surface area (Å²) in [5, 5.41) is 2.52. The topological polar surface area (TPSA) is 71.2 Å². The maximum Gasteiger partial charge on any atom is 0.261 e. The van der Waals surface area contributed by atoms with E-state index in [4.69, 9.17) is 4.74 Å². The summed E-state index contributed by atoms with van der Waals surface area (Å²) in [4.78, 5) is 27.4. The molecule has 0 bridgehead atoms. The molecule has 1 amide bonds. The van der Waals surface area contributed by atoms with Crippen LogP contribution in [0.25, 0.3) is 11.3 Å². The van der Waals surface area contributed by atoms with Crippen molar-refractivity contribution in [1.29, 1.82) is 0 Å². The van der Waals surface area contributed by atoms with Crippen LogP contribution in [0.4, 0.5) is 10.1 Å². The normalized spacial score (nSPS) is 10.5. The second kappa shape index (κ2) is 7.86. The van der Waals surface area contributed by atoms with Crippen molar-refractivity contribution in [2.45, 2.75) is 13.8 Å². The second-order valence-electron chi connectivity index (χ2n) is 6.02. The summed E-state index contributed by atoms with van der Waals surface area (Å²) in [6, 6.07) is 14.9. The minimum absolute atomic E-state index is 0.0549. The number of anilines is 1. The highest BCUT2D eigenvalue weighted by molar-refractivity contribution is 6.04. The molecule has 0 spiro atoms. The number of H-pyrrole nitrogens is 1. The van der Waals surface area contributed by atoms with E-state index in [9.17, 15) is 14.0 Å². The van der Waals surface area contributed by atoms with Crippen molar-refractivity contribution in [3.05, 3.63) is 81.9 Å². The molecule has 0 saturated heterocycles. The zero-order valence-corrected chi connectivity index (χ0v) is 15.0. The lowest BCUT2D eigenvalue weighted by Gasteiger charge is -2.09. The summed E-state index contributed by atoms with van der Waals surface area (Å²) >= 11 is 0. The van der Waals surface area contributed by atoms with Crippen molar-refractivity contribution >= 4 is 11.6 Å². The Morgan fingerprint density at radius 3 is 2.63 bits per heavy atom. The molecule has 5 nitrogen and oxygen atoms in total. The van der Waals surface area contributed by atoms with Gasteiger partial charge in [-0.25, -0.2) is 4.39 Å². The van der Waals surface area contributed by atoms with Gasteiger partial charge in [-0.15, -0.1) is 0 Å². The molecule has 0 aliphatic rings. The predicted molar refractivity (Wildman–Crippen MR) is 103 cm³/mol. The maximum absolute atomic E-state index is 13.9. The Kier molecular flexibility index (Phi) is 5.35. The van der Waals surface area contributed by atoms with E-state index in [1.807, 2.05) is 31.2 Å². The largest absolute Gasteiger partial charge is 0.491 e. The van der Waals surface area contributed by atoms with E-state index >= 15 is 0 Å². The average Bonchev–Trinajstić information content (AvgIpc) is 2.64.